The van der Waals surface area contributed by atoms with E-state index in [4.69, 9.17) is 10.8 Å². The van der Waals surface area contributed by atoms with Crippen LogP contribution in [0.2, 0.25) is 0 Å². The maximum atomic E-state index is 12.5. The predicted octanol–water partition coefficient (Wildman–Crippen LogP) is -0.529. The van der Waals surface area contributed by atoms with Crippen molar-refractivity contribution < 1.29 is 23.1 Å². The topological polar surface area (TPSA) is 121 Å². The molecule has 1 aliphatic heterocycles. The van der Waals surface area contributed by atoms with Gasteiger partial charge >= 0.3 is 5.97 Å². The number of primary amides is 1. The zero-order valence-corrected chi connectivity index (χ0v) is 13.2. The summed E-state index contributed by atoms with van der Waals surface area (Å²) in [5, 5.41) is 8.93. The molecule has 8 nitrogen and oxygen atoms in total. The Labute approximate surface area is 125 Å². The van der Waals surface area contributed by atoms with Crippen molar-refractivity contribution in [3.8, 4) is 0 Å². The summed E-state index contributed by atoms with van der Waals surface area (Å²) in [4.78, 5) is 22.0. The summed E-state index contributed by atoms with van der Waals surface area (Å²) in [6.45, 7) is 3.82. The van der Waals surface area contributed by atoms with Gasteiger partial charge in [0.2, 0.25) is 5.91 Å². The molecule has 0 aromatic heterocycles. The highest BCUT2D eigenvalue weighted by atomic mass is 32.2. The number of carbonyl (C=O) groups excluding carboxylic acids is 1. The molecule has 0 spiro atoms. The Balaban J connectivity index is 2.81. The lowest BCUT2D eigenvalue weighted by molar-refractivity contribution is -0.142. The van der Waals surface area contributed by atoms with Crippen molar-refractivity contribution in [3.63, 3.8) is 0 Å². The Morgan fingerprint density at radius 1 is 1.33 bits per heavy atom. The lowest BCUT2D eigenvalue weighted by atomic mass is 9.99. The van der Waals surface area contributed by atoms with Gasteiger partial charge in [0.25, 0.3) is 10.2 Å². The standard InChI is InChI=1S/C12H23N3O5S/c1-9(2)7-15(8-11(13)16)21(19,20)14-5-3-10(4-6-14)12(17)18/h9-10H,3-8H2,1-2H3,(H2,13,16)(H,17,18). The van der Waals surface area contributed by atoms with Crippen LogP contribution < -0.4 is 5.73 Å². The van der Waals surface area contributed by atoms with Crippen LogP contribution >= 0.6 is 0 Å². The maximum absolute atomic E-state index is 12.5. The molecular weight excluding hydrogens is 298 g/mol. The number of amides is 1. The molecule has 1 aliphatic rings. The summed E-state index contributed by atoms with van der Waals surface area (Å²) in [5.74, 6) is -2.07. The molecular formula is C12H23N3O5S. The SMILES string of the molecule is CC(C)CN(CC(N)=O)S(=O)(=O)N1CCC(C(=O)O)CC1. The van der Waals surface area contributed by atoms with Crippen LogP contribution in [0.4, 0.5) is 0 Å². The second-order valence-electron chi connectivity index (χ2n) is 5.67. The Morgan fingerprint density at radius 2 is 1.86 bits per heavy atom. The minimum atomic E-state index is -3.79. The monoisotopic (exact) mass is 321 g/mol. The van der Waals surface area contributed by atoms with E-state index >= 15 is 0 Å². The number of carbonyl (C=O) groups is 2. The lowest BCUT2D eigenvalue weighted by Crippen LogP contribution is -2.50. The lowest BCUT2D eigenvalue weighted by Gasteiger charge is -2.34. The number of nitrogens with two attached hydrogens (primary N) is 1. The minimum absolute atomic E-state index is 0.0516. The molecule has 1 rings (SSSR count). The fourth-order valence-electron chi connectivity index (χ4n) is 2.32. The third-order valence-electron chi connectivity index (χ3n) is 3.36. The number of piperidine rings is 1. The van der Waals surface area contributed by atoms with Crippen molar-refractivity contribution in [3.05, 3.63) is 0 Å². The van der Waals surface area contributed by atoms with E-state index in [9.17, 15) is 18.0 Å². The molecule has 9 heteroatoms. The molecule has 1 amide bonds. The minimum Gasteiger partial charge on any atom is -0.481 e. The first-order valence-corrected chi connectivity index (χ1v) is 8.30. The van der Waals surface area contributed by atoms with E-state index in [1.165, 1.54) is 4.31 Å². The van der Waals surface area contributed by atoms with Gasteiger partial charge in [-0.1, -0.05) is 13.8 Å². The van der Waals surface area contributed by atoms with Crippen molar-refractivity contribution in [1.82, 2.24) is 8.61 Å². The average Bonchev–Trinajstić information content (AvgIpc) is 2.37. The summed E-state index contributed by atoms with van der Waals surface area (Å²) < 4.78 is 27.4. The van der Waals surface area contributed by atoms with E-state index in [2.05, 4.69) is 0 Å². The van der Waals surface area contributed by atoms with Crippen molar-refractivity contribution in [1.29, 1.82) is 0 Å². The highest BCUT2D eigenvalue weighted by Crippen LogP contribution is 2.22. The molecule has 0 saturated carbocycles. The van der Waals surface area contributed by atoms with Crippen molar-refractivity contribution in [2.75, 3.05) is 26.2 Å². The van der Waals surface area contributed by atoms with Crippen LogP contribution in [0.25, 0.3) is 0 Å². The number of carboxylic acid groups (broad SMARTS) is 1. The summed E-state index contributed by atoms with van der Waals surface area (Å²) in [5.41, 5.74) is 5.12. The second-order valence-corrected chi connectivity index (χ2v) is 7.60. The number of aliphatic carboxylic acids is 1. The largest absolute Gasteiger partial charge is 0.481 e. The van der Waals surface area contributed by atoms with E-state index in [0.717, 1.165) is 4.31 Å². The molecule has 1 fully saturated rings. The van der Waals surface area contributed by atoms with Crippen LogP contribution in [0.15, 0.2) is 0 Å². The smallest absolute Gasteiger partial charge is 0.306 e. The van der Waals surface area contributed by atoms with Crippen LogP contribution in [0, 0.1) is 11.8 Å². The third kappa shape index (κ3) is 4.94. The molecule has 0 aromatic rings. The van der Waals surface area contributed by atoms with E-state index in [1.54, 1.807) is 0 Å². The molecule has 0 atom stereocenters. The number of hydrogen-bond donors (Lipinski definition) is 2. The number of hydrogen-bond acceptors (Lipinski definition) is 4. The first kappa shape index (κ1) is 17.9. The molecule has 0 bridgehead atoms. The fourth-order valence-corrected chi connectivity index (χ4v) is 4.09. The molecule has 0 aliphatic carbocycles. The van der Waals surface area contributed by atoms with E-state index in [1.807, 2.05) is 13.8 Å². The quantitative estimate of drug-likeness (QED) is 0.653. The average molecular weight is 321 g/mol. The first-order chi connectivity index (χ1) is 9.64. The molecule has 0 aromatic carbocycles. The van der Waals surface area contributed by atoms with Gasteiger partial charge in [-0.15, -0.1) is 0 Å². The van der Waals surface area contributed by atoms with Crippen LogP contribution in [-0.4, -0.2) is 60.2 Å². The van der Waals surface area contributed by atoms with Gasteiger partial charge in [0.15, 0.2) is 0 Å². The maximum Gasteiger partial charge on any atom is 0.306 e. The van der Waals surface area contributed by atoms with Crippen LogP contribution in [-0.2, 0) is 19.8 Å². The summed E-state index contributed by atoms with van der Waals surface area (Å²) >= 11 is 0. The number of carboxylic acids is 1. The van der Waals surface area contributed by atoms with Gasteiger partial charge < -0.3 is 10.8 Å². The summed E-state index contributed by atoms with van der Waals surface area (Å²) in [7, 11) is -3.79. The third-order valence-corrected chi connectivity index (χ3v) is 5.31. The Bertz CT molecular complexity index is 483. The molecule has 0 unspecified atom stereocenters. The summed E-state index contributed by atoms with van der Waals surface area (Å²) in [6, 6.07) is 0. The number of nitrogens with zero attached hydrogens (tertiary/aromatic N) is 2. The summed E-state index contributed by atoms with van der Waals surface area (Å²) in [6.07, 6.45) is 0.557. The van der Waals surface area contributed by atoms with Gasteiger partial charge in [0.1, 0.15) is 0 Å². The van der Waals surface area contributed by atoms with Crippen LogP contribution in [0.3, 0.4) is 0 Å². The van der Waals surface area contributed by atoms with Crippen molar-refractivity contribution >= 4 is 22.1 Å². The predicted molar refractivity (Wildman–Crippen MR) is 76.5 cm³/mol. The zero-order valence-electron chi connectivity index (χ0n) is 12.4. The van der Waals surface area contributed by atoms with Crippen molar-refractivity contribution in [2.45, 2.75) is 26.7 Å². The Morgan fingerprint density at radius 3 is 2.24 bits per heavy atom. The van der Waals surface area contributed by atoms with Gasteiger partial charge in [-0.05, 0) is 18.8 Å². The highest BCUT2D eigenvalue weighted by molar-refractivity contribution is 7.86. The molecule has 1 saturated heterocycles. The number of rotatable bonds is 7. The zero-order chi connectivity index (χ0) is 16.2. The fraction of sp³-hybridized carbons (Fsp3) is 0.833. The van der Waals surface area contributed by atoms with E-state index in [0.29, 0.717) is 0 Å². The molecule has 122 valence electrons. The van der Waals surface area contributed by atoms with Crippen LogP contribution in [0.5, 0.6) is 0 Å². The van der Waals surface area contributed by atoms with Gasteiger partial charge in [0.05, 0.1) is 12.5 Å². The molecule has 21 heavy (non-hydrogen) atoms. The Kier molecular flexibility index (Phi) is 6.11. The Hall–Kier alpha value is -1.19. The molecule has 0 radical (unpaired) electrons. The highest BCUT2D eigenvalue weighted by Gasteiger charge is 2.35. The van der Waals surface area contributed by atoms with E-state index in [-0.39, 0.29) is 44.9 Å². The van der Waals surface area contributed by atoms with Gasteiger partial charge in [-0.2, -0.15) is 17.0 Å². The van der Waals surface area contributed by atoms with Crippen molar-refractivity contribution in [2.24, 2.45) is 17.6 Å². The van der Waals surface area contributed by atoms with Crippen LogP contribution in [0.1, 0.15) is 26.7 Å². The molecule has 3 N–H and O–H groups in total. The second kappa shape index (κ2) is 7.19. The first-order valence-electron chi connectivity index (χ1n) is 6.91. The van der Waals surface area contributed by atoms with Gasteiger partial charge in [0, 0.05) is 19.6 Å². The van der Waals surface area contributed by atoms with E-state index < -0.39 is 28.0 Å². The van der Waals surface area contributed by atoms with Gasteiger partial charge in [-0.3, -0.25) is 9.59 Å². The molecule has 1 heterocycles. The normalized spacial score (nSPS) is 18.3. The van der Waals surface area contributed by atoms with Gasteiger partial charge in [-0.25, -0.2) is 0 Å².